The van der Waals surface area contributed by atoms with Gasteiger partial charge in [0.15, 0.2) is 6.61 Å². The fourth-order valence-corrected chi connectivity index (χ4v) is 2.40. The number of rotatable bonds is 6. The van der Waals surface area contributed by atoms with Gasteiger partial charge < -0.3 is 15.8 Å². The summed E-state index contributed by atoms with van der Waals surface area (Å²) in [6.45, 7) is 7.50. The minimum atomic E-state index is -0.665. The van der Waals surface area contributed by atoms with Crippen LogP contribution < -0.4 is 15.8 Å². The maximum absolute atomic E-state index is 12.8. The van der Waals surface area contributed by atoms with E-state index in [4.69, 9.17) is 10.5 Å². The van der Waals surface area contributed by atoms with Gasteiger partial charge in [0.1, 0.15) is 5.75 Å². The van der Waals surface area contributed by atoms with Gasteiger partial charge >= 0.3 is 0 Å². The molecule has 5 heteroatoms. The molecule has 2 amide bonds. The molecule has 0 fully saturated rings. The SMILES string of the molecule is Cc1ccc(C(C)(C)C(=O)Nc2ccc(OCC(N)=O)cc2C)cc1. The highest BCUT2D eigenvalue weighted by Gasteiger charge is 2.30. The first-order valence-electron chi connectivity index (χ1n) is 8.10. The lowest BCUT2D eigenvalue weighted by atomic mass is 9.83. The highest BCUT2D eigenvalue weighted by Crippen LogP contribution is 2.27. The van der Waals surface area contributed by atoms with Gasteiger partial charge in [0, 0.05) is 5.69 Å². The van der Waals surface area contributed by atoms with Crippen LogP contribution in [0.15, 0.2) is 42.5 Å². The lowest BCUT2D eigenvalue weighted by molar-refractivity contribution is -0.121. The molecule has 0 bridgehead atoms. The summed E-state index contributed by atoms with van der Waals surface area (Å²) >= 11 is 0. The third-order valence-corrected chi connectivity index (χ3v) is 4.17. The van der Waals surface area contributed by atoms with Gasteiger partial charge in [0.25, 0.3) is 5.91 Å². The topological polar surface area (TPSA) is 81.4 Å². The van der Waals surface area contributed by atoms with Crippen molar-refractivity contribution in [2.75, 3.05) is 11.9 Å². The number of anilines is 1. The first kappa shape index (κ1) is 18.5. The summed E-state index contributed by atoms with van der Waals surface area (Å²) < 4.78 is 5.27. The van der Waals surface area contributed by atoms with E-state index in [0.717, 1.165) is 16.7 Å². The van der Waals surface area contributed by atoms with Crippen molar-refractivity contribution in [3.05, 3.63) is 59.2 Å². The van der Waals surface area contributed by atoms with E-state index in [-0.39, 0.29) is 12.5 Å². The Labute approximate surface area is 148 Å². The van der Waals surface area contributed by atoms with Crippen molar-refractivity contribution in [3.63, 3.8) is 0 Å². The molecule has 0 radical (unpaired) electrons. The molecule has 0 aliphatic heterocycles. The molecule has 2 aromatic rings. The maximum atomic E-state index is 12.8. The van der Waals surface area contributed by atoms with Crippen molar-refractivity contribution in [1.29, 1.82) is 0 Å². The van der Waals surface area contributed by atoms with E-state index in [0.29, 0.717) is 11.4 Å². The Balaban J connectivity index is 2.14. The van der Waals surface area contributed by atoms with E-state index >= 15 is 0 Å². The summed E-state index contributed by atoms with van der Waals surface area (Å²) in [5.41, 5.74) is 8.06. The Morgan fingerprint density at radius 3 is 2.28 bits per heavy atom. The molecule has 0 spiro atoms. The predicted molar refractivity (Wildman–Crippen MR) is 98.7 cm³/mol. The van der Waals surface area contributed by atoms with Gasteiger partial charge in [-0.05, 0) is 57.0 Å². The largest absolute Gasteiger partial charge is 0.484 e. The van der Waals surface area contributed by atoms with Gasteiger partial charge in [-0.25, -0.2) is 0 Å². The number of benzene rings is 2. The molecule has 2 rings (SSSR count). The molecule has 25 heavy (non-hydrogen) atoms. The highest BCUT2D eigenvalue weighted by molar-refractivity contribution is 5.99. The predicted octanol–water partition coefficient (Wildman–Crippen LogP) is 3.08. The number of primary amides is 1. The summed E-state index contributed by atoms with van der Waals surface area (Å²) in [6, 6.07) is 13.2. The summed E-state index contributed by atoms with van der Waals surface area (Å²) in [5.74, 6) is -0.0905. The Kier molecular flexibility index (Phi) is 5.47. The second-order valence-corrected chi connectivity index (χ2v) is 6.68. The number of hydrogen-bond acceptors (Lipinski definition) is 3. The molecule has 132 valence electrons. The zero-order chi connectivity index (χ0) is 18.6. The zero-order valence-corrected chi connectivity index (χ0v) is 15.1. The van der Waals surface area contributed by atoms with E-state index < -0.39 is 11.3 Å². The molecule has 0 aromatic heterocycles. The Hall–Kier alpha value is -2.82. The van der Waals surface area contributed by atoms with Crippen LogP contribution in [0.25, 0.3) is 0 Å². The smallest absolute Gasteiger partial charge is 0.255 e. The number of carbonyl (C=O) groups excluding carboxylic acids is 2. The minimum absolute atomic E-state index is 0.0924. The molecule has 0 saturated heterocycles. The standard InChI is InChI=1S/C20H24N2O3/c1-13-5-7-15(8-6-13)20(3,4)19(24)22-17-10-9-16(11-14(17)2)25-12-18(21)23/h5-11H,12H2,1-4H3,(H2,21,23)(H,22,24). The van der Waals surface area contributed by atoms with E-state index in [9.17, 15) is 9.59 Å². The average molecular weight is 340 g/mol. The molecular weight excluding hydrogens is 316 g/mol. The van der Waals surface area contributed by atoms with Crippen LogP contribution in [0, 0.1) is 13.8 Å². The summed E-state index contributed by atoms with van der Waals surface area (Å²) in [5, 5.41) is 2.97. The normalized spacial score (nSPS) is 11.0. The number of amides is 2. The van der Waals surface area contributed by atoms with Crippen LogP contribution in [0.4, 0.5) is 5.69 Å². The summed E-state index contributed by atoms with van der Waals surface area (Å²) in [7, 11) is 0. The van der Waals surface area contributed by atoms with Crippen LogP contribution in [0.3, 0.4) is 0 Å². The first-order valence-corrected chi connectivity index (χ1v) is 8.10. The summed E-state index contributed by atoms with van der Waals surface area (Å²) in [4.78, 5) is 23.5. The maximum Gasteiger partial charge on any atom is 0.255 e. The quantitative estimate of drug-likeness (QED) is 0.848. The van der Waals surface area contributed by atoms with E-state index in [2.05, 4.69) is 5.32 Å². The second kappa shape index (κ2) is 7.38. The Morgan fingerprint density at radius 1 is 1.08 bits per heavy atom. The number of nitrogens with one attached hydrogen (secondary N) is 1. The molecule has 0 atom stereocenters. The third kappa shape index (κ3) is 4.59. The number of ether oxygens (including phenoxy) is 1. The second-order valence-electron chi connectivity index (χ2n) is 6.68. The fourth-order valence-electron chi connectivity index (χ4n) is 2.40. The van der Waals surface area contributed by atoms with Crippen LogP contribution in [0.1, 0.15) is 30.5 Å². The molecule has 3 N–H and O–H groups in total. The van der Waals surface area contributed by atoms with Crippen molar-refractivity contribution in [1.82, 2.24) is 0 Å². The van der Waals surface area contributed by atoms with Crippen LogP contribution >= 0.6 is 0 Å². The number of carbonyl (C=O) groups is 2. The number of nitrogens with two attached hydrogens (primary N) is 1. The molecule has 0 saturated carbocycles. The lowest BCUT2D eigenvalue weighted by Gasteiger charge is -2.25. The van der Waals surface area contributed by atoms with Gasteiger partial charge in [-0.1, -0.05) is 29.8 Å². The Bertz CT molecular complexity index is 780. The van der Waals surface area contributed by atoms with Gasteiger partial charge in [-0.3, -0.25) is 9.59 Å². The van der Waals surface area contributed by atoms with E-state index in [1.165, 1.54) is 0 Å². The molecule has 2 aromatic carbocycles. The first-order chi connectivity index (χ1) is 11.7. The van der Waals surface area contributed by atoms with Crippen molar-refractivity contribution in [3.8, 4) is 5.75 Å². The molecule has 0 heterocycles. The highest BCUT2D eigenvalue weighted by atomic mass is 16.5. The van der Waals surface area contributed by atoms with Gasteiger partial charge in [0.2, 0.25) is 5.91 Å². The van der Waals surface area contributed by atoms with Crippen LogP contribution in [-0.4, -0.2) is 18.4 Å². The van der Waals surface area contributed by atoms with Crippen molar-refractivity contribution in [2.45, 2.75) is 33.1 Å². The molecule has 0 aliphatic rings. The van der Waals surface area contributed by atoms with E-state index in [1.807, 2.05) is 52.0 Å². The molecule has 0 aliphatic carbocycles. The number of hydrogen-bond donors (Lipinski definition) is 2. The monoisotopic (exact) mass is 340 g/mol. The van der Waals surface area contributed by atoms with Crippen LogP contribution in [0.5, 0.6) is 5.75 Å². The van der Waals surface area contributed by atoms with Crippen molar-refractivity contribution in [2.24, 2.45) is 5.73 Å². The summed E-state index contributed by atoms with van der Waals surface area (Å²) in [6.07, 6.45) is 0. The lowest BCUT2D eigenvalue weighted by Crippen LogP contribution is -2.34. The average Bonchev–Trinajstić information content (AvgIpc) is 2.55. The fraction of sp³-hybridized carbons (Fsp3) is 0.300. The molecular formula is C20H24N2O3. The minimum Gasteiger partial charge on any atom is -0.484 e. The van der Waals surface area contributed by atoms with Crippen LogP contribution in [0.2, 0.25) is 0 Å². The van der Waals surface area contributed by atoms with Crippen molar-refractivity contribution < 1.29 is 14.3 Å². The molecule has 0 unspecified atom stereocenters. The van der Waals surface area contributed by atoms with Crippen molar-refractivity contribution >= 4 is 17.5 Å². The van der Waals surface area contributed by atoms with E-state index in [1.54, 1.807) is 18.2 Å². The zero-order valence-electron chi connectivity index (χ0n) is 15.1. The van der Waals surface area contributed by atoms with Gasteiger partial charge in [-0.15, -0.1) is 0 Å². The van der Waals surface area contributed by atoms with Gasteiger partial charge in [0.05, 0.1) is 5.41 Å². The third-order valence-electron chi connectivity index (χ3n) is 4.17. The number of aryl methyl sites for hydroxylation is 2. The Morgan fingerprint density at radius 2 is 1.72 bits per heavy atom. The van der Waals surface area contributed by atoms with Crippen LogP contribution in [-0.2, 0) is 15.0 Å². The molecule has 5 nitrogen and oxygen atoms in total. The van der Waals surface area contributed by atoms with Gasteiger partial charge in [-0.2, -0.15) is 0 Å².